The lowest BCUT2D eigenvalue weighted by atomic mass is 9.84. The number of imidazole rings is 1. The van der Waals surface area contributed by atoms with Crippen LogP contribution in [-0.2, 0) is 0 Å². The van der Waals surface area contributed by atoms with Crippen LogP contribution in [0.5, 0.6) is 0 Å². The van der Waals surface area contributed by atoms with Crippen LogP contribution in [0.15, 0.2) is 22.7 Å². The fourth-order valence-electron chi connectivity index (χ4n) is 3.55. The molecule has 0 radical (unpaired) electrons. The lowest BCUT2D eigenvalue weighted by Gasteiger charge is -2.28. The summed E-state index contributed by atoms with van der Waals surface area (Å²) >= 11 is 3.55. The minimum atomic E-state index is 0.279. The maximum absolute atomic E-state index is 6.39. The van der Waals surface area contributed by atoms with Gasteiger partial charge < -0.3 is 10.3 Å². The van der Waals surface area contributed by atoms with Crippen LogP contribution < -0.4 is 5.73 Å². The highest BCUT2D eigenvalue weighted by Crippen LogP contribution is 2.42. The molecule has 0 amide bonds. The van der Waals surface area contributed by atoms with Crippen LogP contribution in [0.2, 0.25) is 0 Å². The fraction of sp³-hybridized carbons (Fsp3) is 0.562. The Morgan fingerprint density at radius 2 is 1.95 bits per heavy atom. The van der Waals surface area contributed by atoms with E-state index < -0.39 is 0 Å². The summed E-state index contributed by atoms with van der Waals surface area (Å²) in [6, 6.07) is 7.38. The number of benzene rings is 1. The molecule has 4 heteroatoms. The maximum Gasteiger partial charge on any atom is 0.114 e. The van der Waals surface area contributed by atoms with E-state index in [9.17, 15) is 0 Å². The SMILES string of the molecule is NC1CCCCC1c1nc2cc(Br)ccc2n1C1CC1. The summed E-state index contributed by atoms with van der Waals surface area (Å²) in [5.41, 5.74) is 8.78. The Labute approximate surface area is 127 Å². The molecule has 2 atom stereocenters. The van der Waals surface area contributed by atoms with Gasteiger partial charge in [-0.1, -0.05) is 28.8 Å². The van der Waals surface area contributed by atoms with Gasteiger partial charge in [0.1, 0.15) is 5.82 Å². The summed E-state index contributed by atoms with van der Waals surface area (Å²) in [6.07, 6.45) is 7.47. The molecule has 2 N–H and O–H groups in total. The zero-order valence-electron chi connectivity index (χ0n) is 11.6. The predicted molar refractivity (Wildman–Crippen MR) is 84.9 cm³/mol. The summed E-state index contributed by atoms with van der Waals surface area (Å²) in [7, 11) is 0. The van der Waals surface area contributed by atoms with Crippen molar-refractivity contribution in [3.05, 3.63) is 28.5 Å². The van der Waals surface area contributed by atoms with Gasteiger partial charge in [0.15, 0.2) is 0 Å². The minimum Gasteiger partial charge on any atom is -0.327 e. The first-order valence-electron chi connectivity index (χ1n) is 7.67. The maximum atomic E-state index is 6.39. The van der Waals surface area contributed by atoms with Crippen molar-refractivity contribution in [2.24, 2.45) is 5.73 Å². The molecule has 2 aliphatic carbocycles. The molecule has 0 spiro atoms. The van der Waals surface area contributed by atoms with Gasteiger partial charge >= 0.3 is 0 Å². The highest BCUT2D eigenvalue weighted by Gasteiger charge is 2.34. The van der Waals surface area contributed by atoms with Crippen LogP contribution in [0, 0.1) is 0 Å². The Balaban J connectivity index is 1.86. The van der Waals surface area contributed by atoms with E-state index in [0.29, 0.717) is 12.0 Å². The van der Waals surface area contributed by atoms with Crippen LogP contribution in [0.25, 0.3) is 11.0 Å². The number of halogens is 1. The molecule has 1 aromatic carbocycles. The van der Waals surface area contributed by atoms with Gasteiger partial charge in [-0.2, -0.15) is 0 Å². The number of aromatic nitrogens is 2. The second-order valence-corrected chi connectivity index (χ2v) is 7.17. The number of rotatable bonds is 2. The highest BCUT2D eigenvalue weighted by atomic mass is 79.9. The number of hydrogen-bond acceptors (Lipinski definition) is 2. The van der Waals surface area contributed by atoms with E-state index in [-0.39, 0.29) is 6.04 Å². The molecule has 3 nitrogen and oxygen atoms in total. The Bertz CT molecular complexity index is 644. The first-order valence-corrected chi connectivity index (χ1v) is 8.46. The van der Waals surface area contributed by atoms with Crippen molar-refractivity contribution in [1.82, 2.24) is 9.55 Å². The molecule has 1 heterocycles. The van der Waals surface area contributed by atoms with Crippen molar-refractivity contribution in [2.75, 3.05) is 0 Å². The van der Waals surface area contributed by atoms with Crippen LogP contribution >= 0.6 is 15.9 Å². The van der Waals surface area contributed by atoms with Crippen molar-refractivity contribution >= 4 is 27.0 Å². The Morgan fingerprint density at radius 1 is 1.15 bits per heavy atom. The van der Waals surface area contributed by atoms with E-state index in [1.807, 2.05) is 0 Å². The summed E-state index contributed by atoms with van der Waals surface area (Å²) in [5.74, 6) is 1.68. The van der Waals surface area contributed by atoms with Crippen molar-refractivity contribution in [2.45, 2.75) is 56.5 Å². The van der Waals surface area contributed by atoms with E-state index in [1.54, 1.807) is 0 Å². The molecule has 0 aliphatic heterocycles. The topological polar surface area (TPSA) is 43.8 Å². The molecule has 106 valence electrons. The quantitative estimate of drug-likeness (QED) is 0.898. The Morgan fingerprint density at radius 3 is 2.70 bits per heavy atom. The Hall–Kier alpha value is -0.870. The van der Waals surface area contributed by atoms with Crippen LogP contribution in [0.3, 0.4) is 0 Å². The monoisotopic (exact) mass is 333 g/mol. The van der Waals surface area contributed by atoms with Gasteiger partial charge in [-0.05, 0) is 43.9 Å². The predicted octanol–water partition coefficient (Wildman–Crippen LogP) is 4.12. The van der Waals surface area contributed by atoms with Gasteiger partial charge in [0.25, 0.3) is 0 Å². The average molecular weight is 334 g/mol. The largest absolute Gasteiger partial charge is 0.327 e. The third-order valence-electron chi connectivity index (χ3n) is 4.74. The zero-order valence-corrected chi connectivity index (χ0v) is 13.1. The molecule has 1 aromatic heterocycles. The smallest absolute Gasteiger partial charge is 0.114 e. The molecule has 20 heavy (non-hydrogen) atoms. The molecule has 2 aliphatic rings. The number of hydrogen-bond donors (Lipinski definition) is 1. The lowest BCUT2D eigenvalue weighted by molar-refractivity contribution is 0.365. The fourth-order valence-corrected chi connectivity index (χ4v) is 3.90. The van der Waals surface area contributed by atoms with Gasteiger partial charge in [0.2, 0.25) is 0 Å². The van der Waals surface area contributed by atoms with Crippen molar-refractivity contribution in [1.29, 1.82) is 0 Å². The number of fused-ring (bicyclic) bond motifs is 1. The third kappa shape index (κ3) is 2.09. The molecular weight excluding hydrogens is 314 g/mol. The second-order valence-electron chi connectivity index (χ2n) is 6.26. The summed E-state index contributed by atoms with van der Waals surface area (Å²) in [4.78, 5) is 4.96. The standard InChI is InChI=1S/C16H20BrN3/c17-10-5-8-15-14(9-10)19-16(20(15)11-6-7-11)12-3-1-2-4-13(12)18/h5,8-9,11-13H,1-4,6-7,18H2. The van der Waals surface area contributed by atoms with Gasteiger partial charge in [-0.15, -0.1) is 0 Å². The summed E-state index contributed by atoms with van der Waals surface area (Å²) in [5, 5.41) is 0. The van der Waals surface area contributed by atoms with Crippen LogP contribution in [0.4, 0.5) is 0 Å². The van der Waals surface area contributed by atoms with E-state index in [2.05, 4.69) is 38.7 Å². The molecular formula is C16H20BrN3. The molecule has 2 unspecified atom stereocenters. The second kappa shape index (κ2) is 4.85. The average Bonchev–Trinajstić information content (AvgIpc) is 3.20. The highest BCUT2D eigenvalue weighted by molar-refractivity contribution is 9.10. The van der Waals surface area contributed by atoms with E-state index in [4.69, 9.17) is 10.7 Å². The number of nitrogens with two attached hydrogens (primary N) is 1. The van der Waals surface area contributed by atoms with Crippen molar-refractivity contribution in [3.8, 4) is 0 Å². The summed E-state index contributed by atoms with van der Waals surface area (Å²) < 4.78 is 3.59. The number of nitrogens with zero attached hydrogens (tertiary/aromatic N) is 2. The van der Waals surface area contributed by atoms with Crippen LogP contribution in [0.1, 0.15) is 56.3 Å². The zero-order chi connectivity index (χ0) is 13.7. The molecule has 0 saturated heterocycles. The summed E-state index contributed by atoms with van der Waals surface area (Å²) in [6.45, 7) is 0. The van der Waals surface area contributed by atoms with Gasteiger partial charge in [0, 0.05) is 22.5 Å². The molecule has 4 rings (SSSR count). The van der Waals surface area contributed by atoms with Gasteiger partial charge in [0.05, 0.1) is 11.0 Å². The molecule has 2 fully saturated rings. The first-order chi connectivity index (χ1) is 9.74. The molecule has 2 aromatic rings. The molecule has 2 saturated carbocycles. The normalized spacial score (nSPS) is 27.1. The van der Waals surface area contributed by atoms with Gasteiger partial charge in [-0.3, -0.25) is 0 Å². The van der Waals surface area contributed by atoms with Crippen molar-refractivity contribution < 1.29 is 0 Å². The Kier molecular flexibility index (Phi) is 3.11. The van der Waals surface area contributed by atoms with E-state index in [1.165, 1.54) is 43.4 Å². The van der Waals surface area contributed by atoms with Crippen molar-refractivity contribution in [3.63, 3.8) is 0 Å². The lowest BCUT2D eigenvalue weighted by Crippen LogP contribution is -2.33. The van der Waals surface area contributed by atoms with E-state index >= 15 is 0 Å². The van der Waals surface area contributed by atoms with Gasteiger partial charge in [-0.25, -0.2) is 4.98 Å². The third-order valence-corrected chi connectivity index (χ3v) is 5.24. The van der Waals surface area contributed by atoms with Crippen LogP contribution in [-0.4, -0.2) is 15.6 Å². The minimum absolute atomic E-state index is 0.279. The first kappa shape index (κ1) is 12.8. The van der Waals surface area contributed by atoms with E-state index in [0.717, 1.165) is 16.4 Å². The molecule has 0 bridgehead atoms.